The Kier molecular flexibility index (Phi) is 2.44. The molecule has 0 fully saturated rings. The van der Waals surface area contributed by atoms with Crippen LogP contribution in [0.3, 0.4) is 0 Å². The molecule has 2 aromatic rings. The summed E-state index contributed by atoms with van der Waals surface area (Å²) in [7, 11) is 0. The number of furan rings is 1. The Morgan fingerprint density at radius 1 is 1.36 bits per heavy atom. The van der Waals surface area contributed by atoms with Gasteiger partial charge in [0.25, 0.3) is 0 Å². The van der Waals surface area contributed by atoms with E-state index in [1.165, 1.54) is 0 Å². The molecule has 0 aromatic carbocycles. The van der Waals surface area contributed by atoms with Gasteiger partial charge in [0.15, 0.2) is 11.6 Å². The maximum atomic E-state index is 5.26. The van der Waals surface area contributed by atoms with E-state index in [4.69, 9.17) is 4.42 Å². The summed E-state index contributed by atoms with van der Waals surface area (Å²) < 4.78 is 5.26. The molecule has 0 radical (unpaired) electrons. The Labute approximate surface area is 82.0 Å². The molecule has 0 unspecified atom stereocenters. The van der Waals surface area contributed by atoms with Gasteiger partial charge in [0.05, 0.1) is 6.26 Å². The van der Waals surface area contributed by atoms with Crippen LogP contribution in [0.4, 0.5) is 5.82 Å². The van der Waals surface area contributed by atoms with Crippen LogP contribution in [0.15, 0.2) is 35.2 Å². The molecule has 4 nitrogen and oxygen atoms in total. The summed E-state index contributed by atoms with van der Waals surface area (Å²) in [5, 5.41) is 3.13. The predicted octanol–water partition coefficient (Wildman–Crippen LogP) is 2.17. The van der Waals surface area contributed by atoms with Gasteiger partial charge in [-0.25, -0.2) is 9.97 Å². The highest BCUT2D eigenvalue weighted by molar-refractivity contribution is 5.66. The largest absolute Gasteiger partial charge is 0.463 e. The third-order valence-electron chi connectivity index (χ3n) is 1.80. The zero-order chi connectivity index (χ0) is 9.80. The van der Waals surface area contributed by atoms with Gasteiger partial charge in [0, 0.05) is 18.9 Å². The lowest BCUT2D eigenvalue weighted by Gasteiger charge is -2.05. The molecule has 2 heterocycles. The Hall–Kier alpha value is -1.84. The SMILES string of the molecule is CCNc1nccnc1-c1ccco1. The smallest absolute Gasteiger partial charge is 0.156 e. The maximum Gasteiger partial charge on any atom is 0.156 e. The lowest BCUT2D eigenvalue weighted by Crippen LogP contribution is -2.01. The summed E-state index contributed by atoms with van der Waals surface area (Å²) >= 11 is 0. The van der Waals surface area contributed by atoms with Crippen molar-refractivity contribution in [2.75, 3.05) is 11.9 Å². The fourth-order valence-corrected chi connectivity index (χ4v) is 1.23. The minimum absolute atomic E-state index is 0.731. The van der Waals surface area contributed by atoms with Crippen LogP contribution >= 0.6 is 0 Å². The lowest BCUT2D eigenvalue weighted by molar-refractivity contribution is 0.580. The van der Waals surface area contributed by atoms with Crippen molar-refractivity contribution in [3.63, 3.8) is 0 Å². The van der Waals surface area contributed by atoms with Crippen LogP contribution in [0.5, 0.6) is 0 Å². The van der Waals surface area contributed by atoms with Crippen LogP contribution < -0.4 is 5.32 Å². The highest BCUT2D eigenvalue weighted by atomic mass is 16.3. The second-order valence-electron chi connectivity index (χ2n) is 2.76. The van der Waals surface area contributed by atoms with Gasteiger partial charge in [-0.15, -0.1) is 0 Å². The van der Waals surface area contributed by atoms with E-state index in [0.717, 1.165) is 23.8 Å². The molecule has 2 aromatic heterocycles. The van der Waals surface area contributed by atoms with Crippen molar-refractivity contribution in [3.05, 3.63) is 30.8 Å². The van der Waals surface area contributed by atoms with Crippen LogP contribution in [0.25, 0.3) is 11.5 Å². The summed E-state index contributed by atoms with van der Waals surface area (Å²) in [6.45, 7) is 2.83. The van der Waals surface area contributed by atoms with Gasteiger partial charge in [0.1, 0.15) is 5.69 Å². The molecule has 1 N–H and O–H groups in total. The minimum Gasteiger partial charge on any atom is -0.463 e. The van der Waals surface area contributed by atoms with Crippen molar-refractivity contribution in [1.29, 1.82) is 0 Å². The van der Waals surface area contributed by atoms with E-state index in [0.29, 0.717) is 0 Å². The fourth-order valence-electron chi connectivity index (χ4n) is 1.23. The van der Waals surface area contributed by atoms with Crippen molar-refractivity contribution < 1.29 is 4.42 Å². The summed E-state index contributed by atoms with van der Waals surface area (Å²) in [5.74, 6) is 1.49. The molecule has 4 heteroatoms. The van der Waals surface area contributed by atoms with E-state index in [9.17, 15) is 0 Å². The number of nitrogens with one attached hydrogen (secondary N) is 1. The first-order valence-corrected chi connectivity index (χ1v) is 4.50. The molecule has 0 saturated carbocycles. The van der Waals surface area contributed by atoms with Crippen LogP contribution in [-0.4, -0.2) is 16.5 Å². The first-order valence-electron chi connectivity index (χ1n) is 4.50. The highest BCUT2D eigenvalue weighted by Gasteiger charge is 2.08. The van der Waals surface area contributed by atoms with Crippen LogP contribution in [0.2, 0.25) is 0 Å². The third-order valence-corrected chi connectivity index (χ3v) is 1.80. The normalized spacial score (nSPS) is 10.1. The van der Waals surface area contributed by atoms with E-state index in [-0.39, 0.29) is 0 Å². The molecule has 2 rings (SSSR count). The molecule has 0 atom stereocenters. The molecule has 0 saturated heterocycles. The molecule has 0 spiro atoms. The Morgan fingerprint density at radius 2 is 2.21 bits per heavy atom. The number of hydrogen-bond acceptors (Lipinski definition) is 4. The summed E-state index contributed by atoms with van der Waals surface area (Å²) in [4.78, 5) is 8.41. The van der Waals surface area contributed by atoms with Gasteiger partial charge in [0.2, 0.25) is 0 Å². The third kappa shape index (κ3) is 1.59. The average Bonchev–Trinajstić information content (AvgIpc) is 2.72. The van der Waals surface area contributed by atoms with Gasteiger partial charge >= 0.3 is 0 Å². The zero-order valence-electron chi connectivity index (χ0n) is 7.90. The molecular weight excluding hydrogens is 178 g/mol. The van der Waals surface area contributed by atoms with E-state index >= 15 is 0 Å². The van der Waals surface area contributed by atoms with Gasteiger partial charge in [-0.05, 0) is 19.1 Å². The van der Waals surface area contributed by atoms with Crippen molar-refractivity contribution in [3.8, 4) is 11.5 Å². The van der Waals surface area contributed by atoms with Crippen LogP contribution in [0, 0.1) is 0 Å². The Morgan fingerprint density at radius 3 is 2.93 bits per heavy atom. The summed E-state index contributed by atoms with van der Waals surface area (Å²) in [6, 6.07) is 3.70. The molecule has 14 heavy (non-hydrogen) atoms. The van der Waals surface area contributed by atoms with E-state index in [1.54, 1.807) is 18.7 Å². The first kappa shape index (κ1) is 8.74. The molecule has 0 bridgehead atoms. The summed E-state index contributed by atoms with van der Waals surface area (Å²) in [6.07, 6.45) is 4.93. The topological polar surface area (TPSA) is 51.0 Å². The molecule has 0 aliphatic carbocycles. The van der Waals surface area contributed by atoms with Crippen molar-refractivity contribution >= 4 is 5.82 Å². The van der Waals surface area contributed by atoms with Crippen molar-refractivity contribution in [1.82, 2.24) is 9.97 Å². The second kappa shape index (κ2) is 3.91. The van der Waals surface area contributed by atoms with E-state index in [1.807, 2.05) is 19.1 Å². The van der Waals surface area contributed by atoms with Gasteiger partial charge in [-0.1, -0.05) is 0 Å². The Bertz CT molecular complexity index is 398. The maximum absolute atomic E-state index is 5.26. The molecule has 72 valence electrons. The minimum atomic E-state index is 0.731. The number of anilines is 1. The quantitative estimate of drug-likeness (QED) is 0.803. The highest BCUT2D eigenvalue weighted by Crippen LogP contribution is 2.23. The second-order valence-corrected chi connectivity index (χ2v) is 2.76. The number of rotatable bonds is 3. The zero-order valence-corrected chi connectivity index (χ0v) is 7.90. The van der Waals surface area contributed by atoms with Crippen LogP contribution in [0.1, 0.15) is 6.92 Å². The Balaban J connectivity index is 2.42. The van der Waals surface area contributed by atoms with Gasteiger partial charge in [-0.2, -0.15) is 0 Å². The molecule has 0 aliphatic rings. The molecule has 0 aliphatic heterocycles. The predicted molar refractivity (Wildman–Crippen MR) is 53.9 cm³/mol. The monoisotopic (exact) mass is 189 g/mol. The van der Waals surface area contributed by atoms with E-state index < -0.39 is 0 Å². The standard InChI is InChI=1S/C10H11N3O/c1-2-11-10-9(12-5-6-13-10)8-4-3-7-14-8/h3-7H,2H2,1H3,(H,11,13). The van der Waals surface area contributed by atoms with Crippen molar-refractivity contribution in [2.45, 2.75) is 6.92 Å². The lowest BCUT2D eigenvalue weighted by atomic mass is 10.3. The van der Waals surface area contributed by atoms with Gasteiger partial charge in [-0.3, -0.25) is 0 Å². The average molecular weight is 189 g/mol. The van der Waals surface area contributed by atoms with Gasteiger partial charge < -0.3 is 9.73 Å². The van der Waals surface area contributed by atoms with Crippen LogP contribution in [-0.2, 0) is 0 Å². The number of aromatic nitrogens is 2. The van der Waals surface area contributed by atoms with Crippen molar-refractivity contribution in [2.24, 2.45) is 0 Å². The number of hydrogen-bond donors (Lipinski definition) is 1. The fraction of sp³-hybridized carbons (Fsp3) is 0.200. The number of nitrogens with zero attached hydrogens (tertiary/aromatic N) is 2. The van der Waals surface area contributed by atoms with E-state index in [2.05, 4.69) is 15.3 Å². The summed E-state index contributed by atoms with van der Waals surface area (Å²) in [5.41, 5.74) is 0.749. The molecular formula is C10H11N3O. The molecule has 0 amide bonds. The first-order chi connectivity index (χ1) is 6.92.